The van der Waals surface area contributed by atoms with Crippen molar-refractivity contribution in [2.45, 2.75) is 31.4 Å². The number of benzene rings is 1. The molecule has 1 aliphatic heterocycles. The summed E-state index contributed by atoms with van der Waals surface area (Å²) in [6.07, 6.45) is 3.23. The van der Waals surface area contributed by atoms with E-state index in [9.17, 15) is 14.7 Å². The highest BCUT2D eigenvalue weighted by Gasteiger charge is 2.36. The van der Waals surface area contributed by atoms with Gasteiger partial charge in [0.25, 0.3) is 5.91 Å². The summed E-state index contributed by atoms with van der Waals surface area (Å²) in [5.41, 5.74) is 1.93. The number of ether oxygens (including phenoxy) is 1. The zero-order valence-corrected chi connectivity index (χ0v) is 13.0. The van der Waals surface area contributed by atoms with Gasteiger partial charge in [-0.05, 0) is 42.0 Å². The summed E-state index contributed by atoms with van der Waals surface area (Å²) in [6.45, 7) is 0.683. The molecule has 1 saturated carbocycles. The van der Waals surface area contributed by atoms with Crippen LogP contribution >= 0.6 is 0 Å². The Labute approximate surface area is 138 Å². The van der Waals surface area contributed by atoms with Crippen LogP contribution in [0.25, 0.3) is 0 Å². The minimum Gasteiger partial charge on any atom is -0.493 e. The van der Waals surface area contributed by atoms with E-state index in [1.807, 2.05) is 12.1 Å². The molecule has 7 heteroatoms. The number of fused-ring (bicyclic) bond motifs is 1. The van der Waals surface area contributed by atoms with Crippen LogP contribution in [-0.4, -0.2) is 33.7 Å². The van der Waals surface area contributed by atoms with Gasteiger partial charge in [-0.15, -0.1) is 0 Å². The molecule has 1 unspecified atom stereocenters. The van der Waals surface area contributed by atoms with Gasteiger partial charge in [-0.2, -0.15) is 0 Å². The molecule has 4 rings (SSSR count). The first-order chi connectivity index (χ1) is 11.6. The van der Waals surface area contributed by atoms with Gasteiger partial charge in [0.15, 0.2) is 0 Å². The maximum atomic E-state index is 12.4. The number of aliphatic hydroxyl groups is 1. The van der Waals surface area contributed by atoms with E-state index >= 15 is 0 Å². The highest BCUT2D eigenvalue weighted by Crippen LogP contribution is 2.39. The predicted octanol–water partition coefficient (Wildman–Crippen LogP) is 0.880. The molecule has 4 N–H and O–H groups in total. The molecule has 1 amide bonds. The van der Waals surface area contributed by atoms with E-state index in [1.165, 1.54) is 6.20 Å². The van der Waals surface area contributed by atoms with Gasteiger partial charge >= 0.3 is 5.69 Å². The van der Waals surface area contributed by atoms with Crippen molar-refractivity contribution in [3.8, 4) is 5.75 Å². The molecule has 0 radical (unpaired) electrons. The van der Waals surface area contributed by atoms with Crippen molar-refractivity contribution in [3.05, 3.63) is 51.7 Å². The maximum absolute atomic E-state index is 12.4. The van der Waals surface area contributed by atoms with E-state index in [1.54, 1.807) is 0 Å². The molecule has 1 aliphatic carbocycles. The SMILES string of the molecule is O=C(NC(c1ccc2c(c1)CCO2)C1CC(O)C1)c1c[nH]c(=O)[nH]1. The second-order valence-electron chi connectivity index (χ2n) is 6.46. The first kappa shape index (κ1) is 15.0. The third kappa shape index (κ3) is 2.71. The quantitative estimate of drug-likeness (QED) is 0.668. The largest absolute Gasteiger partial charge is 0.493 e. The summed E-state index contributed by atoms with van der Waals surface area (Å²) in [6, 6.07) is 5.76. The molecular weight excluding hydrogens is 310 g/mol. The lowest BCUT2D eigenvalue weighted by molar-refractivity contribution is 0.0234. The number of aliphatic hydroxyl groups excluding tert-OH is 1. The van der Waals surface area contributed by atoms with E-state index in [0.29, 0.717) is 19.4 Å². The van der Waals surface area contributed by atoms with Crippen LogP contribution in [0, 0.1) is 5.92 Å². The molecule has 1 fully saturated rings. The Morgan fingerprint density at radius 3 is 2.92 bits per heavy atom. The number of H-pyrrole nitrogens is 2. The lowest BCUT2D eigenvalue weighted by atomic mass is 9.75. The number of amides is 1. The van der Waals surface area contributed by atoms with Crippen molar-refractivity contribution >= 4 is 5.91 Å². The van der Waals surface area contributed by atoms with Crippen LogP contribution in [0.1, 0.15) is 40.5 Å². The zero-order valence-electron chi connectivity index (χ0n) is 13.0. The van der Waals surface area contributed by atoms with Gasteiger partial charge in [-0.1, -0.05) is 6.07 Å². The third-order valence-corrected chi connectivity index (χ3v) is 4.82. The van der Waals surface area contributed by atoms with Gasteiger partial charge in [0.05, 0.1) is 18.8 Å². The van der Waals surface area contributed by atoms with Crippen LogP contribution < -0.4 is 15.7 Å². The van der Waals surface area contributed by atoms with E-state index in [2.05, 4.69) is 21.4 Å². The molecule has 1 aromatic heterocycles. The lowest BCUT2D eigenvalue weighted by Gasteiger charge is -2.38. The first-order valence-electron chi connectivity index (χ1n) is 8.12. The smallest absolute Gasteiger partial charge is 0.323 e. The van der Waals surface area contributed by atoms with Crippen molar-refractivity contribution < 1.29 is 14.6 Å². The van der Waals surface area contributed by atoms with E-state index < -0.39 is 5.69 Å². The normalized spacial score (nSPS) is 23.0. The molecule has 0 bridgehead atoms. The highest BCUT2D eigenvalue weighted by atomic mass is 16.5. The molecular formula is C17H19N3O4. The van der Waals surface area contributed by atoms with Crippen LogP contribution in [0.15, 0.2) is 29.2 Å². The van der Waals surface area contributed by atoms with Crippen molar-refractivity contribution in [3.63, 3.8) is 0 Å². The third-order valence-electron chi connectivity index (χ3n) is 4.82. The Balaban J connectivity index is 1.59. The first-order valence-corrected chi connectivity index (χ1v) is 8.12. The summed E-state index contributed by atoms with van der Waals surface area (Å²) in [5, 5.41) is 12.6. The van der Waals surface area contributed by atoms with Gasteiger partial charge in [0.2, 0.25) is 0 Å². The van der Waals surface area contributed by atoms with Gasteiger partial charge in [-0.25, -0.2) is 4.79 Å². The number of aromatic nitrogens is 2. The topological polar surface area (TPSA) is 107 Å². The molecule has 126 valence electrons. The number of nitrogens with one attached hydrogen (secondary N) is 3. The molecule has 1 aromatic carbocycles. The second kappa shape index (κ2) is 5.83. The Bertz CT molecular complexity index is 819. The summed E-state index contributed by atoms with van der Waals surface area (Å²) < 4.78 is 5.53. The molecule has 7 nitrogen and oxygen atoms in total. The Hall–Kier alpha value is -2.54. The fourth-order valence-electron chi connectivity index (χ4n) is 3.45. The fourth-order valence-corrected chi connectivity index (χ4v) is 3.45. The van der Waals surface area contributed by atoms with Gasteiger partial charge in [0, 0.05) is 12.6 Å². The Kier molecular flexibility index (Phi) is 3.65. The second-order valence-corrected chi connectivity index (χ2v) is 6.46. The van der Waals surface area contributed by atoms with Crippen LogP contribution in [-0.2, 0) is 6.42 Å². The van der Waals surface area contributed by atoms with Crippen molar-refractivity contribution in [2.24, 2.45) is 5.92 Å². The minimum atomic E-state index is -0.412. The number of hydrogen-bond acceptors (Lipinski definition) is 4. The number of aromatic amines is 2. The molecule has 1 atom stereocenters. The van der Waals surface area contributed by atoms with Crippen LogP contribution in [0.3, 0.4) is 0 Å². The predicted molar refractivity (Wildman–Crippen MR) is 86.0 cm³/mol. The van der Waals surface area contributed by atoms with E-state index in [-0.39, 0.29) is 29.7 Å². The number of hydrogen-bond donors (Lipinski definition) is 4. The highest BCUT2D eigenvalue weighted by molar-refractivity contribution is 5.92. The summed E-state index contributed by atoms with van der Waals surface area (Å²) >= 11 is 0. The monoisotopic (exact) mass is 329 g/mol. The van der Waals surface area contributed by atoms with Gasteiger partial charge in [0.1, 0.15) is 11.4 Å². The fraction of sp³-hybridized carbons (Fsp3) is 0.412. The van der Waals surface area contributed by atoms with E-state index in [4.69, 9.17) is 4.74 Å². The van der Waals surface area contributed by atoms with Crippen LogP contribution in [0.2, 0.25) is 0 Å². The van der Waals surface area contributed by atoms with Crippen LogP contribution in [0.5, 0.6) is 5.75 Å². The molecule has 2 heterocycles. The van der Waals surface area contributed by atoms with Crippen LogP contribution in [0.4, 0.5) is 0 Å². The van der Waals surface area contributed by atoms with Gasteiger partial charge in [-0.3, -0.25) is 4.79 Å². The maximum Gasteiger partial charge on any atom is 0.323 e. The average molecular weight is 329 g/mol. The summed E-state index contributed by atoms with van der Waals surface area (Å²) in [4.78, 5) is 28.5. The van der Waals surface area contributed by atoms with Crippen molar-refractivity contribution in [1.82, 2.24) is 15.3 Å². The number of carbonyl (C=O) groups is 1. The molecule has 2 aromatic rings. The Morgan fingerprint density at radius 1 is 1.38 bits per heavy atom. The van der Waals surface area contributed by atoms with Crippen molar-refractivity contribution in [2.75, 3.05) is 6.61 Å². The number of carbonyl (C=O) groups excluding carboxylic acids is 1. The Morgan fingerprint density at radius 2 is 2.21 bits per heavy atom. The number of imidazole rings is 1. The molecule has 0 saturated heterocycles. The molecule has 2 aliphatic rings. The van der Waals surface area contributed by atoms with Gasteiger partial charge < -0.3 is 25.1 Å². The van der Waals surface area contributed by atoms with Crippen molar-refractivity contribution in [1.29, 1.82) is 0 Å². The average Bonchev–Trinajstić information content (AvgIpc) is 3.17. The lowest BCUT2D eigenvalue weighted by Crippen LogP contribution is -2.41. The minimum absolute atomic E-state index is 0.176. The van der Waals surface area contributed by atoms with E-state index in [0.717, 1.165) is 23.3 Å². The number of rotatable bonds is 4. The molecule has 0 spiro atoms. The standard InChI is InChI=1S/C17H19N3O4/c21-12-6-11(7-12)15(20-16(22)13-8-18-17(23)19-13)10-1-2-14-9(5-10)3-4-24-14/h1-2,5,8,11-12,15,21H,3-4,6-7H2,(H,20,22)(H2,18,19,23). The zero-order chi connectivity index (χ0) is 16.7. The summed E-state index contributed by atoms with van der Waals surface area (Å²) in [5.74, 6) is 0.735. The summed E-state index contributed by atoms with van der Waals surface area (Å²) in [7, 11) is 0. The molecule has 24 heavy (non-hydrogen) atoms.